The third-order valence-electron chi connectivity index (χ3n) is 5.40. The van der Waals surface area contributed by atoms with Crippen LogP contribution < -0.4 is 16.0 Å². The molecule has 0 aliphatic carbocycles. The Labute approximate surface area is 190 Å². The van der Waals surface area contributed by atoms with E-state index in [1.165, 1.54) is 6.07 Å². The summed E-state index contributed by atoms with van der Waals surface area (Å²) in [6, 6.07) is 11.2. The van der Waals surface area contributed by atoms with Crippen LogP contribution in [-0.4, -0.2) is 27.9 Å². The number of anilines is 1. The average molecular weight is 548 g/mol. The van der Waals surface area contributed by atoms with Gasteiger partial charge in [-0.1, -0.05) is 41.4 Å². The largest absolute Gasteiger partial charge is 0.356 e. The first-order valence-corrected chi connectivity index (χ1v) is 10.9. The van der Waals surface area contributed by atoms with Crippen LogP contribution in [0.25, 0.3) is 0 Å². The Kier molecular flexibility index (Phi) is 5.76. The van der Waals surface area contributed by atoms with Crippen molar-refractivity contribution < 1.29 is 14.0 Å². The van der Waals surface area contributed by atoms with Gasteiger partial charge in [0.25, 0.3) is 5.91 Å². The lowest BCUT2D eigenvalue weighted by Gasteiger charge is -2.31. The van der Waals surface area contributed by atoms with Crippen LogP contribution in [0.2, 0.25) is 10.0 Å². The molecule has 4 rings (SSSR count). The minimum Gasteiger partial charge on any atom is -0.356 e. The molecule has 2 saturated heterocycles. The Morgan fingerprint density at radius 2 is 2.00 bits per heavy atom. The van der Waals surface area contributed by atoms with Gasteiger partial charge in [-0.05, 0) is 58.8 Å². The first-order chi connectivity index (χ1) is 13.8. The number of nitrogens with one attached hydrogen (secondary N) is 3. The Bertz CT molecular complexity index is 992. The van der Waals surface area contributed by atoms with Crippen LogP contribution >= 0.6 is 45.8 Å². The number of benzene rings is 2. The Morgan fingerprint density at radius 3 is 2.76 bits per heavy atom. The molecule has 9 heteroatoms. The van der Waals surface area contributed by atoms with Crippen LogP contribution in [0.1, 0.15) is 17.9 Å². The van der Waals surface area contributed by atoms with Crippen LogP contribution in [0.3, 0.4) is 0 Å². The SMILES string of the molecule is O=C1NCC[C@H]2N[C@](I)(C(=O)Nc3cccc(Cl)c3)[C@@H](c3cccc(Cl)c3F)[C@H]12. The molecule has 2 fully saturated rings. The van der Waals surface area contributed by atoms with Crippen LogP contribution in [0, 0.1) is 11.7 Å². The predicted octanol–water partition coefficient (Wildman–Crippen LogP) is 4.09. The van der Waals surface area contributed by atoms with Crippen molar-refractivity contribution >= 4 is 63.3 Å². The summed E-state index contributed by atoms with van der Waals surface area (Å²) in [5.41, 5.74) is 0.759. The van der Waals surface area contributed by atoms with Crippen LogP contribution in [-0.2, 0) is 9.59 Å². The number of hydrogen-bond acceptors (Lipinski definition) is 3. The van der Waals surface area contributed by atoms with Crippen molar-refractivity contribution in [1.82, 2.24) is 10.6 Å². The molecule has 2 aromatic rings. The molecular formula is C20H17Cl2FIN3O2. The smallest absolute Gasteiger partial charge is 0.255 e. The summed E-state index contributed by atoms with van der Waals surface area (Å²) in [6.07, 6.45) is 0.643. The molecule has 2 aliphatic rings. The molecule has 0 aromatic heterocycles. The van der Waals surface area contributed by atoms with Gasteiger partial charge in [-0.25, -0.2) is 4.39 Å². The number of alkyl halides is 1. The molecule has 152 valence electrons. The molecule has 2 heterocycles. The number of rotatable bonds is 3. The molecule has 3 N–H and O–H groups in total. The summed E-state index contributed by atoms with van der Waals surface area (Å²) < 4.78 is 13.7. The van der Waals surface area contributed by atoms with Crippen molar-refractivity contribution in [2.45, 2.75) is 21.9 Å². The van der Waals surface area contributed by atoms with Gasteiger partial charge in [-0.3, -0.25) is 14.9 Å². The molecule has 5 nitrogen and oxygen atoms in total. The van der Waals surface area contributed by atoms with E-state index in [9.17, 15) is 14.0 Å². The van der Waals surface area contributed by atoms with Crippen LogP contribution in [0.5, 0.6) is 0 Å². The van der Waals surface area contributed by atoms with E-state index in [0.29, 0.717) is 23.7 Å². The average Bonchev–Trinajstić information content (AvgIpc) is 2.99. The topological polar surface area (TPSA) is 70.2 Å². The number of carbonyl (C=O) groups excluding carboxylic acids is 2. The summed E-state index contributed by atoms with van der Waals surface area (Å²) in [5, 5.41) is 9.41. The fraction of sp³-hybridized carbons (Fsp3) is 0.300. The Balaban J connectivity index is 1.77. The fourth-order valence-electron chi connectivity index (χ4n) is 4.15. The Hall–Kier alpha value is -1.42. The summed E-state index contributed by atoms with van der Waals surface area (Å²) in [7, 11) is 0. The van der Waals surface area contributed by atoms with E-state index in [1.807, 2.05) is 22.6 Å². The van der Waals surface area contributed by atoms with E-state index in [-0.39, 0.29) is 28.4 Å². The van der Waals surface area contributed by atoms with Gasteiger partial charge in [0.15, 0.2) is 3.55 Å². The third-order valence-corrected chi connectivity index (χ3v) is 7.40. The zero-order valence-corrected chi connectivity index (χ0v) is 18.7. The molecule has 0 unspecified atom stereocenters. The molecule has 0 radical (unpaired) electrons. The predicted molar refractivity (Wildman–Crippen MR) is 119 cm³/mol. The first-order valence-electron chi connectivity index (χ1n) is 9.06. The number of piperidine rings is 1. The van der Waals surface area contributed by atoms with Crippen molar-refractivity contribution in [3.63, 3.8) is 0 Å². The molecule has 0 spiro atoms. The third kappa shape index (κ3) is 3.73. The lowest BCUT2D eigenvalue weighted by atomic mass is 9.78. The van der Waals surface area contributed by atoms with E-state index in [0.717, 1.165) is 0 Å². The van der Waals surface area contributed by atoms with Gasteiger partial charge in [-0.2, -0.15) is 0 Å². The second kappa shape index (κ2) is 8.02. The van der Waals surface area contributed by atoms with Gasteiger partial charge in [-0.15, -0.1) is 0 Å². The second-order valence-corrected chi connectivity index (χ2v) is 9.70. The number of halogens is 4. The second-order valence-electron chi connectivity index (χ2n) is 7.15. The first kappa shape index (κ1) is 20.8. The van der Waals surface area contributed by atoms with E-state index in [4.69, 9.17) is 23.2 Å². The van der Waals surface area contributed by atoms with E-state index < -0.39 is 21.2 Å². The summed E-state index contributed by atoms with van der Waals surface area (Å²) in [6.45, 7) is 0.500. The van der Waals surface area contributed by atoms with Gasteiger partial charge >= 0.3 is 0 Å². The van der Waals surface area contributed by atoms with Gasteiger partial charge in [0.1, 0.15) is 5.82 Å². The van der Waals surface area contributed by atoms with Crippen molar-refractivity contribution in [3.05, 3.63) is 63.9 Å². The lowest BCUT2D eigenvalue weighted by Crippen LogP contribution is -2.51. The number of fused-ring (bicyclic) bond motifs is 1. The maximum atomic E-state index is 15.0. The summed E-state index contributed by atoms with van der Waals surface area (Å²) >= 11 is 14.0. The maximum absolute atomic E-state index is 15.0. The van der Waals surface area contributed by atoms with Crippen LogP contribution in [0.15, 0.2) is 42.5 Å². The zero-order valence-electron chi connectivity index (χ0n) is 15.0. The van der Waals surface area contributed by atoms with Crippen molar-refractivity contribution in [1.29, 1.82) is 0 Å². The standard InChI is InChI=1S/C20H17Cl2FIN3O2/c21-10-3-1-4-11(9-10)26-19(29)20(24)16(12-5-2-6-13(22)17(12)23)15-14(27-20)7-8-25-18(15)28/h1-6,9,14-16,27H,7-8H2,(H,25,28)(H,26,29)/t14-,15-,16+,20+/m1/s1. The molecule has 2 aromatic carbocycles. The molecular weight excluding hydrogens is 531 g/mol. The van der Waals surface area contributed by atoms with Crippen molar-refractivity contribution in [2.75, 3.05) is 11.9 Å². The van der Waals surface area contributed by atoms with E-state index >= 15 is 0 Å². The minimum atomic E-state index is -1.26. The van der Waals surface area contributed by atoms with Crippen LogP contribution in [0.4, 0.5) is 10.1 Å². The highest BCUT2D eigenvalue weighted by Gasteiger charge is 2.60. The summed E-state index contributed by atoms with van der Waals surface area (Å²) in [4.78, 5) is 26.1. The lowest BCUT2D eigenvalue weighted by molar-refractivity contribution is -0.127. The van der Waals surface area contributed by atoms with Gasteiger partial charge in [0.05, 0.1) is 10.9 Å². The fourth-order valence-corrected chi connectivity index (χ4v) is 5.78. The maximum Gasteiger partial charge on any atom is 0.255 e. The zero-order chi connectivity index (χ0) is 20.8. The number of amides is 2. The normalized spacial score (nSPS) is 28.6. The minimum absolute atomic E-state index is 0.0452. The van der Waals surface area contributed by atoms with E-state index in [1.54, 1.807) is 36.4 Å². The molecule has 2 amide bonds. The van der Waals surface area contributed by atoms with E-state index in [2.05, 4.69) is 16.0 Å². The van der Waals surface area contributed by atoms with Gasteiger partial charge in [0, 0.05) is 29.2 Å². The van der Waals surface area contributed by atoms with Gasteiger partial charge < -0.3 is 10.6 Å². The van der Waals surface area contributed by atoms with Crippen molar-refractivity contribution in [3.8, 4) is 0 Å². The Morgan fingerprint density at radius 1 is 1.24 bits per heavy atom. The number of hydrogen-bond donors (Lipinski definition) is 3. The van der Waals surface area contributed by atoms with Crippen molar-refractivity contribution in [2.24, 2.45) is 5.92 Å². The summed E-state index contributed by atoms with van der Waals surface area (Å²) in [5.74, 6) is -2.54. The molecule has 0 bridgehead atoms. The van der Waals surface area contributed by atoms with Gasteiger partial charge in [0.2, 0.25) is 5.91 Å². The molecule has 0 saturated carbocycles. The molecule has 2 aliphatic heterocycles. The quantitative estimate of drug-likeness (QED) is 0.308. The highest BCUT2D eigenvalue weighted by atomic mass is 127. The number of carbonyl (C=O) groups is 2. The highest BCUT2D eigenvalue weighted by molar-refractivity contribution is 14.1. The molecule has 4 atom stereocenters. The highest BCUT2D eigenvalue weighted by Crippen LogP contribution is 2.50. The molecule has 29 heavy (non-hydrogen) atoms. The monoisotopic (exact) mass is 547 g/mol.